The van der Waals surface area contributed by atoms with Gasteiger partial charge in [-0.3, -0.25) is 4.79 Å². The first kappa shape index (κ1) is 18.2. The molecule has 0 bridgehead atoms. The molecule has 1 heterocycles. The number of carbonyl (C=O) groups excluding carboxylic acids is 1. The Balaban J connectivity index is 0.00000242. The number of nitrogens with one attached hydrogen (secondary N) is 1. The molecule has 0 saturated heterocycles. The van der Waals surface area contributed by atoms with Gasteiger partial charge in [0, 0.05) is 30.3 Å². The molecule has 1 aromatic heterocycles. The first-order chi connectivity index (χ1) is 10.0. The number of benzene rings is 1. The van der Waals surface area contributed by atoms with Crippen LogP contribution in [0, 0.1) is 19.8 Å². The van der Waals surface area contributed by atoms with E-state index in [9.17, 15) is 4.79 Å². The fraction of sp³-hybridized carbons (Fsp3) is 0.375. The first-order valence-electron chi connectivity index (χ1n) is 7.13. The van der Waals surface area contributed by atoms with E-state index >= 15 is 0 Å². The van der Waals surface area contributed by atoms with Crippen LogP contribution in [0.1, 0.15) is 23.9 Å². The van der Waals surface area contributed by atoms with Crippen LogP contribution in [0.3, 0.4) is 0 Å². The zero-order valence-corrected chi connectivity index (χ0v) is 14.0. The van der Waals surface area contributed by atoms with E-state index in [2.05, 4.69) is 10.4 Å². The van der Waals surface area contributed by atoms with Crippen LogP contribution < -0.4 is 11.1 Å². The van der Waals surface area contributed by atoms with Crippen molar-refractivity contribution in [3.05, 3.63) is 47.3 Å². The highest BCUT2D eigenvalue weighted by molar-refractivity contribution is 5.85. The second-order valence-electron chi connectivity index (χ2n) is 5.25. The molecule has 0 fully saturated rings. The lowest BCUT2D eigenvalue weighted by atomic mass is 10.1. The van der Waals surface area contributed by atoms with Crippen molar-refractivity contribution in [2.24, 2.45) is 11.7 Å². The lowest BCUT2D eigenvalue weighted by Crippen LogP contribution is -2.33. The van der Waals surface area contributed by atoms with E-state index in [1.165, 1.54) is 0 Å². The molecule has 0 spiro atoms. The van der Waals surface area contributed by atoms with Gasteiger partial charge in [0.25, 0.3) is 0 Å². The second-order valence-corrected chi connectivity index (χ2v) is 5.25. The van der Waals surface area contributed by atoms with Crippen molar-refractivity contribution in [2.75, 3.05) is 6.54 Å². The Kier molecular flexibility index (Phi) is 6.59. The maximum atomic E-state index is 11.8. The van der Waals surface area contributed by atoms with Crippen LogP contribution in [0.15, 0.2) is 30.3 Å². The summed E-state index contributed by atoms with van der Waals surface area (Å²) in [4.78, 5) is 11.8. The molecule has 2 rings (SSSR count). The Hall–Kier alpha value is -1.85. The molecule has 1 aromatic carbocycles. The van der Waals surface area contributed by atoms with E-state index in [1.807, 2.05) is 55.8 Å². The summed E-state index contributed by atoms with van der Waals surface area (Å²) in [6.07, 6.45) is 0. The molecule has 1 amide bonds. The van der Waals surface area contributed by atoms with Crippen LogP contribution in [0.4, 0.5) is 0 Å². The smallest absolute Gasteiger partial charge is 0.224 e. The number of halogens is 1. The van der Waals surface area contributed by atoms with Gasteiger partial charge in [0.2, 0.25) is 5.91 Å². The Bertz CT molecular complexity index is 625. The van der Waals surface area contributed by atoms with Crippen molar-refractivity contribution in [3.8, 4) is 5.69 Å². The summed E-state index contributed by atoms with van der Waals surface area (Å²) < 4.78 is 1.91. The lowest BCUT2D eigenvalue weighted by molar-refractivity contribution is -0.124. The van der Waals surface area contributed by atoms with Gasteiger partial charge in [0.1, 0.15) is 0 Å². The molecule has 0 aliphatic carbocycles. The summed E-state index contributed by atoms with van der Waals surface area (Å²) in [5.41, 5.74) is 9.55. The molecular formula is C16H23ClN4O. The number of hydrogen-bond acceptors (Lipinski definition) is 3. The van der Waals surface area contributed by atoms with Gasteiger partial charge in [-0.15, -0.1) is 12.4 Å². The van der Waals surface area contributed by atoms with Crippen molar-refractivity contribution >= 4 is 18.3 Å². The second kappa shape index (κ2) is 7.96. The van der Waals surface area contributed by atoms with Crippen molar-refractivity contribution in [2.45, 2.75) is 27.3 Å². The zero-order chi connectivity index (χ0) is 15.4. The number of hydrogen-bond donors (Lipinski definition) is 2. The Morgan fingerprint density at radius 1 is 1.32 bits per heavy atom. The number of amides is 1. The minimum atomic E-state index is -0.171. The average molecular weight is 323 g/mol. The quantitative estimate of drug-likeness (QED) is 0.885. The third-order valence-electron chi connectivity index (χ3n) is 3.68. The van der Waals surface area contributed by atoms with Crippen LogP contribution in [-0.4, -0.2) is 22.2 Å². The van der Waals surface area contributed by atoms with Gasteiger partial charge < -0.3 is 11.1 Å². The van der Waals surface area contributed by atoms with E-state index in [0.717, 1.165) is 22.6 Å². The normalized spacial score (nSPS) is 11.6. The minimum absolute atomic E-state index is 0. The standard InChI is InChI=1S/C16H22N4O.ClH/c1-11(9-17)16(21)18-10-15-12(2)19-20(13(15)3)14-7-5-4-6-8-14;/h4-8,11H,9-10,17H2,1-3H3,(H,18,21);1H. The third kappa shape index (κ3) is 3.87. The van der Waals surface area contributed by atoms with E-state index in [0.29, 0.717) is 13.1 Å². The van der Waals surface area contributed by atoms with Gasteiger partial charge in [0.15, 0.2) is 0 Å². The molecule has 3 N–H and O–H groups in total. The van der Waals surface area contributed by atoms with Crippen LogP contribution >= 0.6 is 12.4 Å². The summed E-state index contributed by atoms with van der Waals surface area (Å²) in [6.45, 7) is 6.63. The van der Waals surface area contributed by atoms with E-state index in [-0.39, 0.29) is 24.2 Å². The molecule has 0 aliphatic heterocycles. The predicted molar refractivity (Wildman–Crippen MR) is 90.4 cm³/mol. The van der Waals surface area contributed by atoms with Gasteiger partial charge in [-0.2, -0.15) is 5.10 Å². The van der Waals surface area contributed by atoms with Gasteiger partial charge in [-0.25, -0.2) is 4.68 Å². The Morgan fingerprint density at radius 3 is 2.55 bits per heavy atom. The van der Waals surface area contributed by atoms with Gasteiger partial charge in [-0.05, 0) is 26.0 Å². The van der Waals surface area contributed by atoms with Gasteiger partial charge in [-0.1, -0.05) is 25.1 Å². The number of nitrogens with zero attached hydrogens (tertiary/aromatic N) is 2. The number of nitrogens with two attached hydrogens (primary N) is 1. The minimum Gasteiger partial charge on any atom is -0.352 e. The Labute approximate surface area is 137 Å². The average Bonchev–Trinajstić information content (AvgIpc) is 2.79. The predicted octanol–water partition coefficient (Wildman–Crippen LogP) is 2.12. The molecule has 120 valence electrons. The summed E-state index contributed by atoms with van der Waals surface area (Å²) in [5.74, 6) is -0.196. The molecule has 2 aromatic rings. The van der Waals surface area contributed by atoms with Crippen molar-refractivity contribution in [1.29, 1.82) is 0 Å². The third-order valence-corrected chi connectivity index (χ3v) is 3.68. The van der Waals surface area contributed by atoms with E-state index in [1.54, 1.807) is 0 Å². The highest BCUT2D eigenvalue weighted by Gasteiger charge is 2.15. The molecule has 1 unspecified atom stereocenters. The van der Waals surface area contributed by atoms with E-state index < -0.39 is 0 Å². The molecule has 0 radical (unpaired) electrons. The number of aromatic nitrogens is 2. The zero-order valence-electron chi connectivity index (χ0n) is 13.2. The molecular weight excluding hydrogens is 300 g/mol. The van der Waals surface area contributed by atoms with Crippen LogP contribution in [0.25, 0.3) is 5.69 Å². The molecule has 0 aliphatic rings. The number of aryl methyl sites for hydroxylation is 1. The number of rotatable bonds is 5. The van der Waals surface area contributed by atoms with Crippen LogP contribution in [0.2, 0.25) is 0 Å². The molecule has 6 heteroatoms. The fourth-order valence-corrected chi connectivity index (χ4v) is 2.21. The Morgan fingerprint density at radius 2 is 1.95 bits per heavy atom. The first-order valence-corrected chi connectivity index (χ1v) is 7.13. The summed E-state index contributed by atoms with van der Waals surface area (Å²) in [5, 5.41) is 7.49. The van der Waals surface area contributed by atoms with Crippen molar-refractivity contribution in [3.63, 3.8) is 0 Å². The van der Waals surface area contributed by atoms with Crippen LogP contribution in [-0.2, 0) is 11.3 Å². The molecule has 5 nitrogen and oxygen atoms in total. The van der Waals surface area contributed by atoms with Crippen molar-refractivity contribution in [1.82, 2.24) is 15.1 Å². The van der Waals surface area contributed by atoms with Crippen molar-refractivity contribution < 1.29 is 4.79 Å². The molecule has 0 saturated carbocycles. The number of carbonyl (C=O) groups is 1. The SMILES string of the molecule is Cc1nn(-c2ccccc2)c(C)c1CNC(=O)C(C)CN.Cl. The van der Waals surface area contributed by atoms with Gasteiger partial charge in [0.05, 0.1) is 11.4 Å². The topological polar surface area (TPSA) is 72.9 Å². The van der Waals surface area contributed by atoms with E-state index in [4.69, 9.17) is 5.73 Å². The molecule has 22 heavy (non-hydrogen) atoms. The summed E-state index contributed by atoms with van der Waals surface area (Å²) >= 11 is 0. The maximum absolute atomic E-state index is 11.8. The monoisotopic (exact) mass is 322 g/mol. The largest absolute Gasteiger partial charge is 0.352 e. The maximum Gasteiger partial charge on any atom is 0.224 e. The highest BCUT2D eigenvalue weighted by Crippen LogP contribution is 2.17. The van der Waals surface area contributed by atoms with Crippen LogP contribution in [0.5, 0.6) is 0 Å². The number of para-hydroxylation sites is 1. The summed E-state index contributed by atoms with van der Waals surface area (Å²) in [6, 6.07) is 9.97. The molecule has 1 atom stereocenters. The summed E-state index contributed by atoms with van der Waals surface area (Å²) in [7, 11) is 0. The fourth-order valence-electron chi connectivity index (χ4n) is 2.21. The lowest BCUT2D eigenvalue weighted by Gasteiger charge is -2.10. The highest BCUT2D eigenvalue weighted by atomic mass is 35.5. The van der Waals surface area contributed by atoms with Gasteiger partial charge >= 0.3 is 0 Å².